The molecule has 0 radical (unpaired) electrons. The first-order valence-electron chi connectivity index (χ1n) is 8.04. The summed E-state index contributed by atoms with van der Waals surface area (Å²) in [7, 11) is 0. The number of rotatable bonds is 3. The van der Waals surface area contributed by atoms with E-state index in [1.807, 2.05) is 0 Å². The van der Waals surface area contributed by atoms with Crippen LogP contribution in [0.25, 0.3) is 33.4 Å². The third-order valence-corrected chi connectivity index (χ3v) is 4.25. The molecule has 0 aliphatic carbocycles. The van der Waals surface area contributed by atoms with E-state index < -0.39 is 0 Å². The van der Waals surface area contributed by atoms with Gasteiger partial charge in [-0.05, 0) is 54.1 Å². The van der Waals surface area contributed by atoms with Gasteiger partial charge < -0.3 is 24.8 Å². The highest BCUT2D eigenvalue weighted by atomic mass is 16.3. The molecule has 0 saturated heterocycles. The highest BCUT2D eigenvalue weighted by molar-refractivity contribution is 6.06. The molecule has 1 aromatic heterocycles. The molecule has 0 bridgehead atoms. The predicted molar refractivity (Wildman–Crippen MR) is 99.1 cm³/mol. The van der Waals surface area contributed by atoms with E-state index in [0.29, 0.717) is 34.1 Å². The van der Waals surface area contributed by atoms with E-state index in [9.17, 15) is 25.2 Å². The van der Waals surface area contributed by atoms with Crippen LogP contribution >= 0.6 is 0 Å². The maximum absolute atomic E-state index is 11.1. The van der Waals surface area contributed by atoms with E-state index >= 15 is 0 Å². The summed E-state index contributed by atoms with van der Waals surface area (Å²) in [5, 5.41) is 40.1. The molecule has 0 fully saturated rings. The van der Waals surface area contributed by atoms with Crippen molar-refractivity contribution in [2.75, 3.05) is 0 Å². The van der Waals surface area contributed by atoms with Crippen LogP contribution in [0.15, 0.2) is 59.0 Å². The molecular weight excluding hydrogens is 348 g/mol. The SMILES string of the molecule is O=Cc1cc(O)c2c(-c3cc(O)cc(O)c3)c(-c3ccc(O)cc3)oc2c1. The molecule has 6 heteroatoms. The molecule has 0 aliphatic rings. The number of carbonyl (C=O) groups is 1. The Bertz CT molecular complexity index is 1150. The minimum atomic E-state index is -0.166. The first-order chi connectivity index (χ1) is 13.0. The Morgan fingerprint density at radius 3 is 2.04 bits per heavy atom. The predicted octanol–water partition coefficient (Wildman–Crippen LogP) is 4.40. The molecule has 4 aromatic rings. The fraction of sp³-hybridized carbons (Fsp3) is 0. The lowest BCUT2D eigenvalue weighted by atomic mass is 9.97. The molecule has 4 N–H and O–H groups in total. The van der Waals surface area contributed by atoms with Crippen LogP contribution in [0.1, 0.15) is 10.4 Å². The summed E-state index contributed by atoms with van der Waals surface area (Å²) in [5.74, 6) is -0.0351. The molecule has 1 heterocycles. The van der Waals surface area contributed by atoms with Gasteiger partial charge in [0, 0.05) is 22.8 Å². The van der Waals surface area contributed by atoms with Gasteiger partial charge in [-0.2, -0.15) is 0 Å². The number of hydrogen-bond acceptors (Lipinski definition) is 6. The zero-order valence-electron chi connectivity index (χ0n) is 13.9. The maximum atomic E-state index is 11.1. The number of hydrogen-bond donors (Lipinski definition) is 4. The Kier molecular flexibility index (Phi) is 3.74. The van der Waals surface area contributed by atoms with E-state index in [0.717, 1.165) is 0 Å². The van der Waals surface area contributed by atoms with Gasteiger partial charge in [0.2, 0.25) is 0 Å². The number of phenolic OH excluding ortho intramolecular Hbond substituents is 4. The normalized spacial score (nSPS) is 11.0. The third-order valence-electron chi connectivity index (χ3n) is 4.25. The molecule has 6 nitrogen and oxygen atoms in total. The zero-order chi connectivity index (χ0) is 19.1. The second-order valence-corrected chi connectivity index (χ2v) is 6.12. The molecule has 134 valence electrons. The summed E-state index contributed by atoms with van der Waals surface area (Å²) in [5.41, 5.74) is 1.99. The number of fused-ring (bicyclic) bond motifs is 1. The summed E-state index contributed by atoms with van der Waals surface area (Å²) in [4.78, 5) is 11.1. The van der Waals surface area contributed by atoms with Crippen LogP contribution in [0.5, 0.6) is 23.0 Å². The Morgan fingerprint density at radius 1 is 0.741 bits per heavy atom. The van der Waals surface area contributed by atoms with E-state index in [-0.39, 0.29) is 34.1 Å². The van der Waals surface area contributed by atoms with Crippen LogP contribution in [-0.2, 0) is 0 Å². The van der Waals surface area contributed by atoms with Crippen molar-refractivity contribution in [3.63, 3.8) is 0 Å². The number of carbonyl (C=O) groups excluding carboxylic acids is 1. The summed E-state index contributed by atoms with van der Waals surface area (Å²) in [6.45, 7) is 0. The monoisotopic (exact) mass is 362 g/mol. The lowest BCUT2D eigenvalue weighted by Gasteiger charge is -2.07. The number of aromatic hydroxyl groups is 4. The molecule has 0 aliphatic heterocycles. The van der Waals surface area contributed by atoms with Crippen molar-refractivity contribution in [3.05, 3.63) is 60.2 Å². The number of aldehydes is 1. The first-order valence-corrected chi connectivity index (χ1v) is 8.04. The Hall–Kier alpha value is -3.93. The lowest BCUT2D eigenvalue weighted by molar-refractivity contribution is 0.112. The van der Waals surface area contributed by atoms with Crippen molar-refractivity contribution < 1.29 is 29.6 Å². The molecule has 0 unspecified atom stereocenters. The fourth-order valence-corrected chi connectivity index (χ4v) is 3.13. The van der Waals surface area contributed by atoms with Crippen molar-refractivity contribution in [3.8, 4) is 45.4 Å². The van der Waals surface area contributed by atoms with E-state index in [4.69, 9.17) is 4.42 Å². The van der Waals surface area contributed by atoms with Gasteiger partial charge in [-0.25, -0.2) is 0 Å². The summed E-state index contributed by atoms with van der Waals surface area (Å²) >= 11 is 0. The van der Waals surface area contributed by atoms with E-state index in [1.54, 1.807) is 12.1 Å². The van der Waals surface area contributed by atoms with Gasteiger partial charge in [-0.15, -0.1) is 0 Å². The number of phenols is 4. The van der Waals surface area contributed by atoms with Gasteiger partial charge in [0.05, 0.1) is 5.39 Å². The van der Waals surface area contributed by atoms with Crippen molar-refractivity contribution in [1.82, 2.24) is 0 Å². The summed E-state index contributed by atoms with van der Waals surface area (Å²) < 4.78 is 5.92. The van der Waals surface area contributed by atoms with Crippen molar-refractivity contribution in [1.29, 1.82) is 0 Å². The number of furan rings is 1. The molecule has 27 heavy (non-hydrogen) atoms. The van der Waals surface area contributed by atoms with Gasteiger partial charge in [0.15, 0.2) is 0 Å². The van der Waals surface area contributed by atoms with Crippen LogP contribution in [0, 0.1) is 0 Å². The molecule has 4 rings (SSSR count). The fourth-order valence-electron chi connectivity index (χ4n) is 3.13. The van der Waals surface area contributed by atoms with Crippen LogP contribution in [0.3, 0.4) is 0 Å². The van der Waals surface area contributed by atoms with Crippen molar-refractivity contribution >= 4 is 17.3 Å². The Labute approximate surface area is 153 Å². The minimum Gasteiger partial charge on any atom is -0.508 e. The van der Waals surface area contributed by atoms with Crippen LogP contribution < -0.4 is 0 Å². The molecule has 3 aromatic carbocycles. The Balaban J connectivity index is 2.11. The zero-order valence-corrected chi connectivity index (χ0v) is 13.9. The quantitative estimate of drug-likeness (QED) is 0.402. The second-order valence-electron chi connectivity index (χ2n) is 6.12. The lowest BCUT2D eigenvalue weighted by Crippen LogP contribution is -1.83. The van der Waals surface area contributed by atoms with E-state index in [1.165, 1.54) is 42.5 Å². The molecule has 0 spiro atoms. The average molecular weight is 362 g/mol. The van der Waals surface area contributed by atoms with E-state index in [2.05, 4.69) is 0 Å². The smallest absolute Gasteiger partial charge is 0.150 e. The minimum absolute atomic E-state index is 0.0810. The van der Waals surface area contributed by atoms with Crippen LogP contribution in [-0.4, -0.2) is 26.7 Å². The summed E-state index contributed by atoms with van der Waals surface area (Å²) in [6.07, 6.45) is 0.599. The number of benzene rings is 3. The topological polar surface area (TPSA) is 111 Å². The molecular formula is C21H14O6. The average Bonchev–Trinajstić information content (AvgIpc) is 3.01. The molecule has 0 amide bonds. The van der Waals surface area contributed by atoms with Crippen LogP contribution in [0.4, 0.5) is 0 Å². The van der Waals surface area contributed by atoms with Crippen molar-refractivity contribution in [2.45, 2.75) is 0 Å². The molecule has 0 saturated carbocycles. The largest absolute Gasteiger partial charge is 0.508 e. The third kappa shape index (κ3) is 2.83. The van der Waals surface area contributed by atoms with Gasteiger partial charge in [0.25, 0.3) is 0 Å². The standard InChI is InChI=1S/C21H14O6/c22-10-11-5-17(26)20-18(6-11)27-21(12-1-3-14(23)4-2-12)19(20)13-7-15(24)9-16(25)8-13/h1-10,23-26H. The summed E-state index contributed by atoms with van der Waals surface area (Å²) in [6, 6.07) is 13.1. The molecule has 0 atom stereocenters. The van der Waals surface area contributed by atoms with Gasteiger partial charge in [-0.1, -0.05) is 0 Å². The van der Waals surface area contributed by atoms with Crippen LogP contribution in [0.2, 0.25) is 0 Å². The van der Waals surface area contributed by atoms with Gasteiger partial charge in [-0.3, -0.25) is 4.79 Å². The highest BCUT2D eigenvalue weighted by Crippen LogP contribution is 2.46. The van der Waals surface area contributed by atoms with Gasteiger partial charge in [0.1, 0.15) is 40.6 Å². The maximum Gasteiger partial charge on any atom is 0.150 e. The van der Waals surface area contributed by atoms with Crippen molar-refractivity contribution in [2.24, 2.45) is 0 Å². The highest BCUT2D eigenvalue weighted by Gasteiger charge is 2.22. The second kappa shape index (κ2) is 6.10. The Morgan fingerprint density at radius 2 is 1.41 bits per heavy atom. The first kappa shape index (κ1) is 16.5. The van der Waals surface area contributed by atoms with Gasteiger partial charge >= 0.3 is 0 Å².